The van der Waals surface area contributed by atoms with Crippen molar-refractivity contribution in [1.29, 1.82) is 0 Å². The molecule has 0 bridgehead atoms. The van der Waals surface area contributed by atoms with E-state index in [1.165, 1.54) is 6.08 Å². The number of carboxylic acid groups (broad SMARTS) is 1. The first-order chi connectivity index (χ1) is 9.97. The fourth-order valence-corrected chi connectivity index (χ4v) is 1.76. The Kier molecular flexibility index (Phi) is 6.26. The first kappa shape index (κ1) is 16.6. The lowest BCUT2D eigenvalue weighted by Crippen LogP contribution is -2.46. The zero-order chi connectivity index (χ0) is 15.8. The molecule has 1 aromatic carbocycles. The van der Waals surface area contributed by atoms with Crippen LogP contribution in [0.15, 0.2) is 36.9 Å². The average molecular weight is 292 g/mol. The minimum Gasteiger partial charge on any atom is -0.497 e. The molecule has 2 unspecified atom stereocenters. The van der Waals surface area contributed by atoms with Crippen molar-refractivity contribution in [2.45, 2.75) is 25.4 Å². The van der Waals surface area contributed by atoms with Crippen molar-refractivity contribution in [3.05, 3.63) is 42.5 Å². The van der Waals surface area contributed by atoms with Crippen LogP contribution in [0.4, 0.5) is 4.79 Å². The third kappa shape index (κ3) is 5.18. The van der Waals surface area contributed by atoms with Crippen molar-refractivity contribution in [3.8, 4) is 5.75 Å². The maximum atomic E-state index is 11.8. The first-order valence-corrected chi connectivity index (χ1v) is 6.52. The van der Waals surface area contributed by atoms with E-state index in [-0.39, 0.29) is 12.5 Å². The number of ether oxygens (including phenoxy) is 1. The molecule has 0 heterocycles. The maximum absolute atomic E-state index is 11.8. The van der Waals surface area contributed by atoms with Gasteiger partial charge in [0.2, 0.25) is 0 Å². The Morgan fingerprint density at radius 2 is 1.95 bits per heavy atom. The lowest BCUT2D eigenvalue weighted by Gasteiger charge is -2.18. The highest BCUT2D eigenvalue weighted by molar-refractivity contribution is 5.82. The zero-order valence-corrected chi connectivity index (χ0v) is 12.1. The zero-order valence-electron chi connectivity index (χ0n) is 12.1. The summed E-state index contributed by atoms with van der Waals surface area (Å²) in [7, 11) is 1.58. The molecule has 0 saturated heterocycles. The van der Waals surface area contributed by atoms with E-state index < -0.39 is 18.0 Å². The maximum Gasteiger partial charge on any atom is 0.326 e. The van der Waals surface area contributed by atoms with Crippen molar-refractivity contribution < 1.29 is 19.4 Å². The summed E-state index contributed by atoms with van der Waals surface area (Å²) in [6.45, 7) is 5.28. The second kappa shape index (κ2) is 7.94. The number of hydrogen-bond acceptors (Lipinski definition) is 3. The van der Waals surface area contributed by atoms with Crippen LogP contribution < -0.4 is 15.4 Å². The summed E-state index contributed by atoms with van der Waals surface area (Å²) in [4.78, 5) is 22.7. The topological polar surface area (TPSA) is 87.7 Å². The van der Waals surface area contributed by atoms with Crippen LogP contribution in [0.25, 0.3) is 0 Å². The highest BCUT2D eigenvalue weighted by atomic mass is 16.5. The van der Waals surface area contributed by atoms with Gasteiger partial charge in [0.1, 0.15) is 11.8 Å². The summed E-state index contributed by atoms with van der Waals surface area (Å²) in [5.41, 5.74) is 0.890. The predicted molar refractivity (Wildman–Crippen MR) is 79.3 cm³/mol. The van der Waals surface area contributed by atoms with Crippen molar-refractivity contribution in [2.24, 2.45) is 0 Å². The summed E-state index contributed by atoms with van der Waals surface area (Å²) < 4.78 is 5.06. The third-order valence-corrected chi connectivity index (χ3v) is 2.97. The number of rotatable bonds is 7. The number of benzene rings is 1. The highest BCUT2D eigenvalue weighted by Gasteiger charge is 2.19. The Morgan fingerprint density at radius 1 is 1.33 bits per heavy atom. The molecule has 0 aliphatic heterocycles. The van der Waals surface area contributed by atoms with Crippen molar-refractivity contribution in [2.75, 3.05) is 7.11 Å². The van der Waals surface area contributed by atoms with E-state index in [4.69, 9.17) is 9.84 Å². The Labute approximate surface area is 123 Å². The number of nitrogens with one attached hydrogen (secondary N) is 2. The number of aliphatic carboxylic acids is 1. The molecule has 21 heavy (non-hydrogen) atoms. The number of methoxy groups -OCH3 is 1. The van der Waals surface area contributed by atoms with Gasteiger partial charge >= 0.3 is 12.0 Å². The number of carbonyl (C=O) groups is 2. The second-order valence-corrected chi connectivity index (χ2v) is 4.53. The molecule has 0 aliphatic rings. The molecule has 0 spiro atoms. The molecule has 1 rings (SSSR count). The van der Waals surface area contributed by atoms with Crippen LogP contribution in [0.1, 0.15) is 24.9 Å². The van der Waals surface area contributed by atoms with Gasteiger partial charge in [-0.1, -0.05) is 18.2 Å². The summed E-state index contributed by atoms with van der Waals surface area (Å²) in [5, 5.41) is 14.0. The smallest absolute Gasteiger partial charge is 0.326 e. The molecule has 0 radical (unpaired) electrons. The van der Waals surface area contributed by atoms with Gasteiger partial charge in [0.15, 0.2) is 0 Å². The molecule has 0 saturated carbocycles. The molecule has 1 aromatic rings. The Morgan fingerprint density at radius 3 is 2.43 bits per heavy atom. The van der Waals surface area contributed by atoms with E-state index in [1.807, 2.05) is 19.1 Å². The summed E-state index contributed by atoms with van der Waals surface area (Å²) in [5.74, 6) is -0.366. The SMILES string of the molecule is C=CCC(NC(=O)NC(C)c1ccc(OC)cc1)C(=O)O. The van der Waals surface area contributed by atoms with Crippen LogP contribution in [-0.2, 0) is 4.79 Å². The lowest BCUT2D eigenvalue weighted by molar-refractivity contribution is -0.139. The number of hydrogen-bond donors (Lipinski definition) is 3. The van der Waals surface area contributed by atoms with Crippen LogP contribution in [0, 0.1) is 0 Å². The second-order valence-electron chi connectivity index (χ2n) is 4.53. The molecule has 2 amide bonds. The van der Waals surface area contributed by atoms with E-state index in [0.717, 1.165) is 11.3 Å². The Balaban J connectivity index is 2.59. The molecule has 114 valence electrons. The summed E-state index contributed by atoms with van der Waals surface area (Å²) in [6, 6.07) is 5.49. The lowest BCUT2D eigenvalue weighted by atomic mass is 10.1. The van der Waals surface area contributed by atoms with Gasteiger partial charge < -0.3 is 20.5 Å². The van der Waals surface area contributed by atoms with Crippen LogP contribution >= 0.6 is 0 Å². The van der Waals surface area contributed by atoms with E-state index >= 15 is 0 Å². The largest absolute Gasteiger partial charge is 0.497 e. The van der Waals surface area contributed by atoms with Gasteiger partial charge in [-0.3, -0.25) is 0 Å². The quantitative estimate of drug-likeness (QED) is 0.671. The highest BCUT2D eigenvalue weighted by Crippen LogP contribution is 2.17. The minimum absolute atomic E-state index is 0.166. The van der Waals surface area contributed by atoms with Gasteiger partial charge in [-0.15, -0.1) is 6.58 Å². The molecule has 6 nitrogen and oxygen atoms in total. The van der Waals surface area contributed by atoms with Crippen LogP contribution in [0.5, 0.6) is 5.75 Å². The van der Waals surface area contributed by atoms with Crippen LogP contribution in [0.2, 0.25) is 0 Å². The fourth-order valence-electron chi connectivity index (χ4n) is 1.76. The van der Waals surface area contributed by atoms with Gasteiger partial charge in [-0.2, -0.15) is 0 Å². The van der Waals surface area contributed by atoms with Gasteiger partial charge in [0.25, 0.3) is 0 Å². The number of carbonyl (C=O) groups excluding carboxylic acids is 1. The van der Waals surface area contributed by atoms with Gasteiger partial charge in [0, 0.05) is 0 Å². The molecular weight excluding hydrogens is 272 g/mol. The Bertz CT molecular complexity index is 499. The van der Waals surface area contributed by atoms with E-state index in [0.29, 0.717) is 0 Å². The Hall–Kier alpha value is -2.50. The van der Waals surface area contributed by atoms with Gasteiger partial charge in [0.05, 0.1) is 13.2 Å². The number of urea groups is 1. The third-order valence-electron chi connectivity index (χ3n) is 2.97. The van der Waals surface area contributed by atoms with Crippen LogP contribution in [-0.4, -0.2) is 30.3 Å². The molecule has 0 aromatic heterocycles. The summed E-state index contributed by atoms with van der Waals surface area (Å²) >= 11 is 0. The number of amides is 2. The molecule has 3 N–H and O–H groups in total. The van der Waals surface area contributed by atoms with Gasteiger partial charge in [-0.05, 0) is 31.0 Å². The minimum atomic E-state index is -1.10. The van der Waals surface area contributed by atoms with Gasteiger partial charge in [-0.25, -0.2) is 9.59 Å². The average Bonchev–Trinajstić information content (AvgIpc) is 2.46. The first-order valence-electron chi connectivity index (χ1n) is 6.52. The normalized spacial score (nSPS) is 12.9. The molecule has 2 atom stereocenters. The number of carboxylic acids is 1. The van der Waals surface area contributed by atoms with E-state index in [1.54, 1.807) is 19.2 Å². The van der Waals surface area contributed by atoms with Crippen molar-refractivity contribution in [3.63, 3.8) is 0 Å². The predicted octanol–water partition coefficient (Wildman–Crippen LogP) is 2.08. The standard InChI is InChI=1S/C15H20N2O4/c1-4-5-13(14(18)19)17-15(20)16-10(2)11-6-8-12(21-3)9-7-11/h4,6-10,13H,1,5H2,2-3H3,(H,18,19)(H2,16,17,20). The molecule has 0 aliphatic carbocycles. The summed E-state index contributed by atoms with van der Waals surface area (Å²) in [6.07, 6.45) is 1.62. The molecule has 6 heteroatoms. The fraction of sp³-hybridized carbons (Fsp3) is 0.333. The van der Waals surface area contributed by atoms with Crippen molar-refractivity contribution in [1.82, 2.24) is 10.6 Å². The van der Waals surface area contributed by atoms with E-state index in [9.17, 15) is 9.59 Å². The molecular formula is C15H20N2O4. The van der Waals surface area contributed by atoms with Crippen molar-refractivity contribution >= 4 is 12.0 Å². The van der Waals surface area contributed by atoms with E-state index in [2.05, 4.69) is 17.2 Å². The molecule has 0 fully saturated rings. The van der Waals surface area contributed by atoms with Crippen LogP contribution in [0.3, 0.4) is 0 Å². The monoisotopic (exact) mass is 292 g/mol.